The van der Waals surface area contributed by atoms with Crippen molar-refractivity contribution in [3.63, 3.8) is 0 Å². The van der Waals surface area contributed by atoms with Gasteiger partial charge in [-0.05, 0) is 31.4 Å². The molecule has 2 atom stereocenters. The van der Waals surface area contributed by atoms with Crippen molar-refractivity contribution >= 4 is 11.6 Å². The van der Waals surface area contributed by atoms with E-state index >= 15 is 0 Å². The van der Waals surface area contributed by atoms with Crippen LogP contribution in [0, 0.1) is 12.8 Å². The van der Waals surface area contributed by atoms with Gasteiger partial charge in [-0.2, -0.15) is 0 Å². The Labute approximate surface area is 107 Å². The van der Waals surface area contributed by atoms with E-state index in [2.05, 4.69) is 0 Å². The van der Waals surface area contributed by atoms with Crippen LogP contribution in [0.3, 0.4) is 0 Å². The summed E-state index contributed by atoms with van der Waals surface area (Å²) < 4.78 is 0. The molecule has 4 heteroatoms. The zero-order valence-corrected chi connectivity index (χ0v) is 10.9. The van der Waals surface area contributed by atoms with Gasteiger partial charge in [0.25, 0.3) is 5.91 Å². The van der Waals surface area contributed by atoms with E-state index < -0.39 is 6.10 Å². The summed E-state index contributed by atoms with van der Waals surface area (Å²) in [5.74, 6) is 0.172. The fraction of sp³-hybridized carbons (Fsp3) is 0.500. The molecule has 1 saturated heterocycles. The molecule has 0 saturated carbocycles. The van der Waals surface area contributed by atoms with Crippen LogP contribution in [-0.4, -0.2) is 35.1 Å². The van der Waals surface area contributed by atoms with Crippen LogP contribution in [0.1, 0.15) is 29.3 Å². The molecule has 1 amide bonds. The number of likely N-dealkylation sites (tertiary alicyclic amines) is 1. The van der Waals surface area contributed by atoms with Crippen LogP contribution >= 0.6 is 0 Å². The summed E-state index contributed by atoms with van der Waals surface area (Å²) in [5.41, 5.74) is 7.90. The number of amides is 1. The molecule has 1 aliphatic heterocycles. The number of hydrogen-bond acceptors (Lipinski definition) is 3. The Morgan fingerprint density at radius 1 is 1.50 bits per heavy atom. The van der Waals surface area contributed by atoms with E-state index in [4.69, 9.17) is 5.73 Å². The summed E-state index contributed by atoms with van der Waals surface area (Å²) in [6.45, 7) is 5.02. The molecule has 2 rings (SSSR count). The number of piperidine rings is 1. The van der Waals surface area contributed by atoms with Gasteiger partial charge in [0.05, 0.1) is 11.7 Å². The number of β-amino-alcohol motifs (C(OH)–C–C–N with tert-alkyl or cyclic N) is 1. The molecule has 4 nitrogen and oxygen atoms in total. The lowest BCUT2D eigenvalue weighted by atomic mass is 9.95. The number of nitrogen functional groups attached to an aromatic ring is 1. The first kappa shape index (κ1) is 12.9. The van der Waals surface area contributed by atoms with E-state index in [0.29, 0.717) is 24.3 Å². The maximum atomic E-state index is 12.4. The lowest BCUT2D eigenvalue weighted by Gasteiger charge is -2.34. The molecule has 1 aromatic rings. The molecule has 0 spiro atoms. The summed E-state index contributed by atoms with van der Waals surface area (Å²) in [6.07, 6.45) is 0.396. The van der Waals surface area contributed by atoms with E-state index in [-0.39, 0.29) is 11.8 Å². The van der Waals surface area contributed by atoms with Crippen molar-refractivity contribution in [2.75, 3.05) is 18.8 Å². The van der Waals surface area contributed by atoms with Gasteiger partial charge >= 0.3 is 0 Å². The van der Waals surface area contributed by atoms with E-state index in [9.17, 15) is 9.90 Å². The highest BCUT2D eigenvalue weighted by Gasteiger charge is 2.28. The van der Waals surface area contributed by atoms with Crippen LogP contribution in [0.4, 0.5) is 5.69 Å². The Morgan fingerprint density at radius 2 is 2.22 bits per heavy atom. The maximum Gasteiger partial charge on any atom is 0.256 e. The number of aryl methyl sites for hydroxylation is 1. The summed E-state index contributed by atoms with van der Waals surface area (Å²) in [4.78, 5) is 14.1. The molecule has 3 N–H and O–H groups in total. The van der Waals surface area contributed by atoms with Gasteiger partial charge < -0.3 is 15.7 Å². The number of carbonyl (C=O) groups is 1. The molecule has 0 radical (unpaired) electrons. The third kappa shape index (κ3) is 2.48. The van der Waals surface area contributed by atoms with Gasteiger partial charge in [0.2, 0.25) is 0 Å². The molecule has 1 heterocycles. The zero-order valence-electron chi connectivity index (χ0n) is 10.9. The lowest BCUT2D eigenvalue weighted by Crippen LogP contribution is -2.46. The van der Waals surface area contributed by atoms with Crippen LogP contribution in [0.2, 0.25) is 0 Å². The quantitative estimate of drug-likeness (QED) is 0.739. The second-order valence-corrected chi connectivity index (χ2v) is 5.18. The number of anilines is 1. The van der Waals surface area contributed by atoms with Crippen LogP contribution < -0.4 is 5.73 Å². The first-order chi connectivity index (χ1) is 8.49. The number of carbonyl (C=O) groups excluding carboxylic acids is 1. The monoisotopic (exact) mass is 248 g/mol. The molecule has 98 valence electrons. The smallest absolute Gasteiger partial charge is 0.256 e. The predicted octanol–water partition coefficient (Wildman–Crippen LogP) is 1.42. The van der Waals surface area contributed by atoms with Crippen molar-refractivity contribution in [3.8, 4) is 0 Å². The van der Waals surface area contributed by atoms with E-state index in [0.717, 1.165) is 12.0 Å². The summed E-state index contributed by atoms with van der Waals surface area (Å²) in [6, 6.07) is 5.45. The third-order valence-electron chi connectivity index (χ3n) is 3.65. The fourth-order valence-corrected chi connectivity index (χ4v) is 2.26. The number of nitrogens with zero attached hydrogens (tertiary/aromatic N) is 1. The minimum absolute atomic E-state index is 0.0813. The number of benzene rings is 1. The first-order valence-electron chi connectivity index (χ1n) is 6.32. The van der Waals surface area contributed by atoms with Crippen molar-refractivity contribution in [1.29, 1.82) is 0 Å². The van der Waals surface area contributed by atoms with Crippen LogP contribution in [0.15, 0.2) is 18.2 Å². The van der Waals surface area contributed by atoms with Gasteiger partial charge in [-0.3, -0.25) is 4.79 Å². The molecule has 0 bridgehead atoms. The Hall–Kier alpha value is -1.55. The second kappa shape index (κ2) is 4.98. The van der Waals surface area contributed by atoms with Crippen molar-refractivity contribution in [2.24, 2.45) is 5.92 Å². The highest BCUT2D eigenvalue weighted by Crippen LogP contribution is 2.21. The summed E-state index contributed by atoms with van der Waals surface area (Å²) >= 11 is 0. The molecule has 1 aliphatic rings. The summed E-state index contributed by atoms with van der Waals surface area (Å²) in [5, 5.41) is 9.84. The first-order valence-corrected chi connectivity index (χ1v) is 6.32. The molecule has 0 aliphatic carbocycles. The van der Waals surface area contributed by atoms with E-state index in [1.807, 2.05) is 26.0 Å². The molecule has 1 aromatic carbocycles. The average molecular weight is 248 g/mol. The zero-order chi connectivity index (χ0) is 13.3. The largest absolute Gasteiger partial charge is 0.398 e. The maximum absolute atomic E-state index is 12.4. The minimum atomic E-state index is -0.436. The highest BCUT2D eigenvalue weighted by molar-refractivity contribution is 5.99. The Kier molecular flexibility index (Phi) is 3.57. The van der Waals surface area contributed by atoms with Gasteiger partial charge in [0, 0.05) is 18.8 Å². The van der Waals surface area contributed by atoms with Crippen LogP contribution in [0.25, 0.3) is 0 Å². The molecule has 18 heavy (non-hydrogen) atoms. The Bertz CT molecular complexity index is 459. The van der Waals surface area contributed by atoms with Crippen molar-refractivity contribution in [3.05, 3.63) is 29.3 Å². The molecular weight excluding hydrogens is 228 g/mol. The predicted molar refractivity (Wildman–Crippen MR) is 71.3 cm³/mol. The number of aliphatic hydroxyl groups is 1. The van der Waals surface area contributed by atoms with Crippen molar-refractivity contribution < 1.29 is 9.90 Å². The van der Waals surface area contributed by atoms with Crippen molar-refractivity contribution in [1.82, 2.24) is 4.90 Å². The van der Waals surface area contributed by atoms with Gasteiger partial charge in [-0.25, -0.2) is 0 Å². The lowest BCUT2D eigenvalue weighted by molar-refractivity contribution is 0.0249. The Balaban J connectivity index is 2.19. The van der Waals surface area contributed by atoms with Crippen LogP contribution in [0.5, 0.6) is 0 Å². The molecular formula is C14H20N2O2. The number of rotatable bonds is 1. The molecule has 2 unspecified atom stereocenters. The van der Waals surface area contributed by atoms with Gasteiger partial charge in [0.1, 0.15) is 0 Å². The van der Waals surface area contributed by atoms with Crippen molar-refractivity contribution in [2.45, 2.75) is 26.4 Å². The normalized spacial score (nSPS) is 24.1. The number of hydrogen-bond donors (Lipinski definition) is 2. The fourth-order valence-electron chi connectivity index (χ4n) is 2.26. The van der Waals surface area contributed by atoms with Crippen LogP contribution in [-0.2, 0) is 0 Å². The van der Waals surface area contributed by atoms with Gasteiger partial charge in [-0.15, -0.1) is 0 Å². The number of nitrogens with two attached hydrogens (primary N) is 1. The van der Waals surface area contributed by atoms with Gasteiger partial charge in [-0.1, -0.05) is 18.6 Å². The van der Waals surface area contributed by atoms with Gasteiger partial charge in [0.15, 0.2) is 0 Å². The molecule has 1 fully saturated rings. The highest BCUT2D eigenvalue weighted by atomic mass is 16.3. The van der Waals surface area contributed by atoms with E-state index in [1.54, 1.807) is 11.0 Å². The Morgan fingerprint density at radius 3 is 2.89 bits per heavy atom. The minimum Gasteiger partial charge on any atom is -0.398 e. The molecule has 0 aromatic heterocycles. The third-order valence-corrected chi connectivity index (χ3v) is 3.65. The SMILES string of the molecule is Cc1ccc(N)c(C(=O)N2CCC(C)C(O)C2)c1. The topological polar surface area (TPSA) is 66.6 Å². The standard InChI is InChI=1S/C14H20N2O2/c1-9-3-4-12(15)11(7-9)14(18)16-6-5-10(2)13(17)8-16/h3-4,7,10,13,17H,5-6,8,15H2,1-2H3. The summed E-state index contributed by atoms with van der Waals surface area (Å²) in [7, 11) is 0. The van der Waals surface area contributed by atoms with E-state index in [1.165, 1.54) is 0 Å². The number of aliphatic hydroxyl groups excluding tert-OH is 1. The average Bonchev–Trinajstić information content (AvgIpc) is 2.35. The second-order valence-electron chi connectivity index (χ2n) is 5.18.